The van der Waals surface area contributed by atoms with Gasteiger partial charge in [-0.1, -0.05) is 182 Å². The van der Waals surface area contributed by atoms with E-state index in [1.165, 1.54) is 116 Å². The molecule has 0 saturated carbocycles. The molecule has 68 heavy (non-hydrogen) atoms. The Morgan fingerprint density at radius 1 is 0.853 bits per heavy atom. The summed E-state index contributed by atoms with van der Waals surface area (Å²) in [5, 5.41) is 12.8. The van der Waals surface area contributed by atoms with E-state index in [4.69, 9.17) is 31.0 Å². The van der Waals surface area contributed by atoms with Crippen LogP contribution >= 0.6 is 11.6 Å². The van der Waals surface area contributed by atoms with E-state index >= 15 is 0 Å². The van der Waals surface area contributed by atoms with Crippen molar-refractivity contribution in [1.82, 2.24) is 5.32 Å². The average molecular weight is 969 g/mol. The van der Waals surface area contributed by atoms with E-state index < -0.39 is 0 Å². The van der Waals surface area contributed by atoms with Gasteiger partial charge in [-0.2, -0.15) is 0 Å². The first-order chi connectivity index (χ1) is 32.4. The number of nitrogens with one attached hydrogen (secondary N) is 1. The van der Waals surface area contributed by atoms with Crippen LogP contribution in [0.3, 0.4) is 0 Å². The van der Waals surface area contributed by atoms with Crippen molar-refractivity contribution in [3.05, 3.63) is 98.9 Å². The summed E-state index contributed by atoms with van der Waals surface area (Å²) in [6.45, 7) is 43.4. The summed E-state index contributed by atoms with van der Waals surface area (Å²) in [5.41, 5.74) is 10.4. The highest BCUT2D eigenvalue weighted by molar-refractivity contribution is 6.33. The van der Waals surface area contributed by atoms with Gasteiger partial charge in [0.1, 0.15) is 11.6 Å². The van der Waals surface area contributed by atoms with E-state index in [-0.39, 0.29) is 17.7 Å². The predicted molar refractivity (Wildman–Crippen MR) is 302 cm³/mol. The maximum absolute atomic E-state index is 13.8. The molecule has 3 aromatic carbocycles. The Balaban J connectivity index is -0.00000127. The first-order valence-corrected chi connectivity index (χ1v) is 26.7. The van der Waals surface area contributed by atoms with Crippen molar-refractivity contribution in [1.29, 1.82) is 0 Å². The van der Waals surface area contributed by atoms with Crippen LogP contribution in [0.15, 0.2) is 71.3 Å². The Kier molecular flexibility index (Phi) is 42.9. The number of hydrogen-bond donors (Lipinski definition) is 2. The SMILES string of the molecule is C/C=C(C)\C(=C(\C)C(C)C)c1c(Cl)ccc(/C(CCCOc2cccc3cc(F)ccc23)=C(\CC)C(C)(C)C)c1C.CC.CCCC(C)CC.CCCCCCOC.CCCNCCC.O=CO. The summed E-state index contributed by atoms with van der Waals surface area (Å²) in [6, 6.07) is 15.0. The van der Waals surface area contributed by atoms with E-state index in [9.17, 15) is 4.39 Å². The van der Waals surface area contributed by atoms with Crippen molar-refractivity contribution in [3.63, 3.8) is 0 Å². The molecule has 7 heteroatoms. The van der Waals surface area contributed by atoms with Crippen LogP contribution in [-0.4, -0.2) is 45.0 Å². The Morgan fingerprint density at radius 2 is 1.47 bits per heavy atom. The fraction of sp³-hybridized carbons (Fsp3) is 0.623. The number of halogens is 2. The molecule has 0 aliphatic heterocycles. The van der Waals surface area contributed by atoms with Gasteiger partial charge < -0.3 is 19.9 Å². The summed E-state index contributed by atoms with van der Waals surface area (Å²) in [4.78, 5) is 8.36. The number of carboxylic acid groups (broad SMARTS) is 1. The van der Waals surface area contributed by atoms with Crippen LogP contribution in [0.1, 0.15) is 211 Å². The summed E-state index contributed by atoms with van der Waals surface area (Å²) in [5.74, 6) is 1.93. The lowest BCUT2D eigenvalue weighted by atomic mass is 9.77. The quantitative estimate of drug-likeness (QED) is 0.0597. The molecule has 1 unspecified atom stereocenters. The maximum Gasteiger partial charge on any atom is 0.290 e. The first kappa shape index (κ1) is 68.8. The van der Waals surface area contributed by atoms with Gasteiger partial charge in [-0.15, -0.1) is 0 Å². The number of ether oxygens (including phenoxy) is 2. The van der Waals surface area contributed by atoms with Crippen molar-refractivity contribution in [2.45, 2.75) is 202 Å². The molecule has 0 saturated heterocycles. The normalized spacial score (nSPS) is 12.2. The number of allylic oxidation sites excluding steroid dienone is 6. The minimum atomic E-state index is -0.250. The number of carbonyl (C=O) groups is 1. The molecule has 0 aliphatic rings. The molecule has 3 aromatic rings. The number of hydrogen-bond acceptors (Lipinski definition) is 4. The van der Waals surface area contributed by atoms with E-state index in [1.807, 2.05) is 32.0 Å². The van der Waals surface area contributed by atoms with E-state index in [0.717, 1.165) is 58.9 Å². The highest BCUT2D eigenvalue weighted by atomic mass is 35.5. The minimum Gasteiger partial charge on any atom is -0.493 e. The van der Waals surface area contributed by atoms with Crippen molar-refractivity contribution in [2.24, 2.45) is 17.3 Å². The van der Waals surface area contributed by atoms with Gasteiger partial charge in [0.15, 0.2) is 0 Å². The average Bonchev–Trinajstić information content (AvgIpc) is 3.31. The topological polar surface area (TPSA) is 67.8 Å². The molecule has 0 radical (unpaired) electrons. The summed E-state index contributed by atoms with van der Waals surface area (Å²) >= 11 is 6.99. The Bertz CT molecular complexity index is 1830. The zero-order valence-electron chi connectivity index (χ0n) is 47.2. The number of unbranched alkanes of at least 4 members (excludes halogenated alkanes) is 3. The van der Waals surface area contributed by atoms with Crippen LogP contribution in [0, 0.1) is 30.0 Å². The van der Waals surface area contributed by atoms with Crippen LogP contribution in [-0.2, 0) is 9.53 Å². The highest BCUT2D eigenvalue weighted by Crippen LogP contribution is 2.43. The fourth-order valence-electron chi connectivity index (χ4n) is 7.73. The van der Waals surface area contributed by atoms with Gasteiger partial charge >= 0.3 is 0 Å². The predicted octanol–water partition coefficient (Wildman–Crippen LogP) is 19.6. The molecule has 5 nitrogen and oxygen atoms in total. The third-order valence-electron chi connectivity index (χ3n) is 11.9. The highest BCUT2D eigenvalue weighted by Gasteiger charge is 2.24. The van der Waals surface area contributed by atoms with Gasteiger partial charge in [-0.25, -0.2) is 4.39 Å². The van der Waals surface area contributed by atoms with Crippen molar-refractivity contribution in [2.75, 3.05) is 33.4 Å². The fourth-order valence-corrected chi connectivity index (χ4v) is 8.02. The molecular formula is C61H103ClFNO4. The van der Waals surface area contributed by atoms with Crippen LogP contribution in [0.4, 0.5) is 4.39 Å². The van der Waals surface area contributed by atoms with Crippen molar-refractivity contribution < 1.29 is 23.8 Å². The van der Waals surface area contributed by atoms with Crippen molar-refractivity contribution >= 4 is 40.0 Å². The number of rotatable bonds is 22. The standard InChI is InChI=1S/C38H48ClFO.C7H16O.C7H16.C6H15N.C2H6.CH2O2/c1-11-25(5)36(26(6)24(3)4)37-27(7)30(20-21-34(37)39)32(33(12-2)38(8,9)10)16-14-22-41-35-17-13-15-28-23-29(40)18-19-31(28)35;1-3-4-5-6-7-8-2;1-4-6-7(3)5-2;1-3-5-7-6-4-2;1-2;2-1-3/h11,13,15,17-21,23-24H,12,14,16,22H2,1-10H3;3-7H2,1-2H3;7H,4-6H2,1-3H3;7H,3-6H2,1-2H3;1-2H3;1H,(H,2,3)/b25-11-,33-32+,36-26+;;;;;. The van der Waals surface area contributed by atoms with Gasteiger partial charge in [0, 0.05) is 29.7 Å². The van der Waals surface area contributed by atoms with Crippen LogP contribution in [0.2, 0.25) is 5.02 Å². The minimum absolute atomic E-state index is 0.0304. The molecule has 2 N–H and O–H groups in total. The molecule has 1 atom stereocenters. The maximum atomic E-state index is 13.8. The second-order valence-electron chi connectivity index (χ2n) is 18.6. The summed E-state index contributed by atoms with van der Waals surface area (Å²) in [7, 11) is 1.76. The van der Waals surface area contributed by atoms with Crippen molar-refractivity contribution in [3.8, 4) is 5.75 Å². The van der Waals surface area contributed by atoms with Gasteiger partial charge in [-0.3, -0.25) is 4.79 Å². The van der Waals surface area contributed by atoms with Crippen LogP contribution < -0.4 is 10.1 Å². The van der Waals surface area contributed by atoms with Crippen LogP contribution in [0.5, 0.6) is 5.75 Å². The van der Waals surface area contributed by atoms with E-state index in [0.29, 0.717) is 12.5 Å². The smallest absolute Gasteiger partial charge is 0.290 e. The number of fused-ring (bicyclic) bond motifs is 1. The second-order valence-corrected chi connectivity index (χ2v) is 19.0. The lowest BCUT2D eigenvalue weighted by molar-refractivity contribution is -0.122. The largest absolute Gasteiger partial charge is 0.493 e. The third kappa shape index (κ3) is 28.3. The molecule has 0 bridgehead atoms. The first-order valence-electron chi connectivity index (χ1n) is 26.3. The zero-order chi connectivity index (χ0) is 52.7. The molecule has 0 fully saturated rings. The molecule has 0 spiro atoms. The van der Waals surface area contributed by atoms with Crippen LogP contribution in [0.25, 0.3) is 21.9 Å². The Labute approximate surface area is 424 Å². The molecule has 390 valence electrons. The number of benzene rings is 3. The lowest BCUT2D eigenvalue weighted by Crippen LogP contribution is -2.14. The zero-order valence-corrected chi connectivity index (χ0v) is 47.9. The molecular weight excluding hydrogens is 865 g/mol. The van der Waals surface area contributed by atoms with Gasteiger partial charge in [0.25, 0.3) is 6.47 Å². The molecule has 0 aromatic heterocycles. The second kappa shape index (κ2) is 42.4. The third-order valence-corrected chi connectivity index (χ3v) is 12.2. The Hall–Kier alpha value is -3.45. The molecule has 0 heterocycles. The summed E-state index contributed by atoms with van der Waals surface area (Å²) in [6.07, 6.45) is 16.7. The molecule has 0 aliphatic carbocycles. The van der Waals surface area contributed by atoms with Gasteiger partial charge in [0.2, 0.25) is 0 Å². The van der Waals surface area contributed by atoms with E-state index in [2.05, 4.69) is 134 Å². The molecule has 3 rings (SSSR count). The van der Waals surface area contributed by atoms with Gasteiger partial charge in [0.05, 0.1) is 6.61 Å². The Morgan fingerprint density at radius 3 is 1.94 bits per heavy atom. The monoisotopic (exact) mass is 968 g/mol. The van der Waals surface area contributed by atoms with E-state index in [1.54, 1.807) is 19.2 Å². The summed E-state index contributed by atoms with van der Waals surface area (Å²) < 4.78 is 24.9. The number of methoxy groups -OCH3 is 1. The lowest BCUT2D eigenvalue weighted by Gasteiger charge is -2.29. The van der Waals surface area contributed by atoms with Gasteiger partial charge in [-0.05, 0) is 160 Å². The molecule has 0 amide bonds.